The van der Waals surface area contributed by atoms with Gasteiger partial charge in [-0.1, -0.05) is 12.1 Å². The quantitative estimate of drug-likeness (QED) is 0.373. The molecule has 6 nitrogen and oxygen atoms in total. The minimum absolute atomic E-state index is 0.00192. The lowest BCUT2D eigenvalue weighted by Crippen LogP contribution is -2.50. The fourth-order valence-electron chi connectivity index (χ4n) is 1.92. The minimum atomic E-state index is -0.534. The van der Waals surface area contributed by atoms with Gasteiger partial charge in [-0.05, 0) is 18.6 Å². The van der Waals surface area contributed by atoms with Crippen molar-refractivity contribution >= 4 is 23.1 Å². The van der Waals surface area contributed by atoms with Gasteiger partial charge in [0.15, 0.2) is 5.84 Å². The number of morpholine rings is 1. The summed E-state index contributed by atoms with van der Waals surface area (Å²) in [5.41, 5.74) is 5.51. The summed E-state index contributed by atoms with van der Waals surface area (Å²) in [6.07, 6.45) is 0.390. The molecule has 0 radical (unpaired) electrons. The SMILES string of the molecule is CCc1ccc(C(=O)N2CCOC(C(N)=NO)C2)s1. The first kappa shape index (κ1) is 13.8. The molecule has 0 saturated carbocycles. The maximum Gasteiger partial charge on any atom is 0.264 e. The molecule has 7 heteroatoms. The molecule has 1 atom stereocenters. The van der Waals surface area contributed by atoms with Crippen LogP contribution >= 0.6 is 11.3 Å². The summed E-state index contributed by atoms with van der Waals surface area (Å²) in [6.45, 7) is 3.28. The second-order valence-electron chi connectivity index (χ2n) is 4.25. The van der Waals surface area contributed by atoms with E-state index in [-0.39, 0.29) is 11.7 Å². The Morgan fingerprint density at radius 2 is 2.47 bits per heavy atom. The molecular formula is C12H17N3O3S. The Balaban J connectivity index is 2.06. The van der Waals surface area contributed by atoms with Gasteiger partial charge in [0.25, 0.3) is 5.91 Å². The van der Waals surface area contributed by atoms with Gasteiger partial charge in [0.2, 0.25) is 0 Å². The molecule has 0 aliphatic carbocycles. The number of carbonyl (C=O) groups is 1. The molecule has 104 valence electrons. The molecule has 1 fully saturated rings. The first-order valence-electron chi connectivity index (χ1n) is 6.12. The molecule has 1 aliphatic rings. The summed E-state index contributed by atoms with van der Waals surface area (Å²) in [6, 6.07) is 3.82. The highest BCUT2D eigenvalue weighted by atomic mass is 32.1. The summed E-state index contributed by atoms with van der Waals surface area (Å²) in [5, 5.41) is 11.6. The molecule has 1 aromatic rings. The number of thiophene rings is 1. The number of hydrogen-bond acceptors (Lipinski definition) is 5. The standard InChI is InChI=1S/C12H17N3O3S/c1-2-8-3-4-10(19-8)12(16)15-5-6-18-9(7-15)11(13)14-17/h3-4,9,17H,2,5-7H2,1H3,(H2,13,14). The van der Waals surface area contributed by atoms with Crippen LogP contribution < -0.4 is 5.73 Å². The molecule has 0 bridgehead atoms. The van der Waals surface area contributed by atoms with Crippen molar-refractivity contribution in [1.82, 2.24) is 4.90 Å². The Kier molecular flexibility index (Phi) is 4.39. The number of amides is 1. The van der Waals surface area contributed by atoms with Gasteiger partial charge in [0, 0.05) is 11.4 Å². The molecular weight excluding hydrogens is 266 g/mol. The normalized spacial score (nSPS) is 20.6. The first-order valence-corrected chi connectivity index (χ1v) is 6.94. The number of amidine groups is 1. The maximum absolute atomic E-state index is 12.3. The average Bonchev–Trinajstić information content (AvgIpc) is 2.94. The van der Waals surface area contributed by atoms with Gasteiger partial charge in [0.1, 0.15) is 6.10 Å². The minimum Gasteiger partial charge on any atom is -0.409 e. The zero-order chi connectivity index (χ0) is 13.8. The first-order chi connectivity index (χ1) is 9.15. The second kappa shape index (κ2) is 6.03. The van der Waals surface area contributed by atoms with Crippen molar-refractivity contribution in [2.24, 2.45) is 10.9 Å². The fourth-order valence-corrected chi connectivity index (χ4v) is 2.83. The van der Waals surface area contributed by atoms with E-state index in [9.17, 15) is 4.79 Å². The fraction of sp³-hybridized carbons (Fsp3) is 0.500. The molecule has 1 unspecified atom stereocenters. The maximum atomic E-state index is 12.3. The number of nitrogens with zero attached hydrogens (tertiary/aromatic N) is 2. The van der Waals surface area contributed by atoms with Crippen LogP contribution in [0.15, 0.2) is 17.3 Å². The predicted octanol–water partition coefficient (Wildman–Crippen LogP) is 0.898. The van der Waals surface area contributed by atoms with E-state index in [4.69, 9.17) is 15.7 Å². The van der Waals surface area contributed by atoms with Crippen LogP contribution in [0.3, 0.4) is 0 Å². The molecule has 3 N–H and O–H groups in total. The van der Waals surface area contributed by atoms with E-state index in [1.165, 1.54) is 16.2 Å². The van der Waals surface area contributed by atoms with Crippen LogP contribution in [-0.4, -0.2) is 47.7 Å². The van der Waals surface area contributed by atoms with Crippen LogP contribution in [0.25, 0.3) is 0 Å². The van der Waals surface area contributed by atoms with E-state index in [0.717, 1.165) is 11.3 Å². The molecule has 1 aliphatic heterocycles. The molecule has 19 heavy (non-hydrogen) atoms. The van der Waals surface area contributed by atoms with Crippen LogP contribution in [0.4, 0.5) is 0 Å². The summed E-state index contributed by atoms with van der Waals surface area (Å²) < 4.78 is 5.37. The second-order valence-corrected chi connectivity index (χ2v) is 5.42. The molecule has 1 aromatic heterocycles. The van der Waals surface area contributed by atoms with Gasteiger partial charge in [-0.15, -0.1) is 11.3 Å². The van der Waals surface area contributed by atoms with Crippen molar-refractivity contribution in [1.29, 1.82) is 0 Å². The number of ether oxygens (including phenoxy) is 1. The van der Waals surface area contributed by atoms with Gasteiger partial charge in [-0.3, -0.25) is 4.79 Å². The van der Waals surface area contributed by atoms with Gasteiger partial charge in [-0.25, -0.2) is 0 Å². The van der Waals surface area contributed by atoms with Gasteiger partial charge in [0.05, 0.1) is 18.0 Å². The van der Waals surface area contributed by atoms with Crippen molar-refractivity contribution in [2.75, 3.05) is 19.7 Å². The molecule has 2 heterocycles. The lowest BCUT2D eigenvalue weighted by molar-refractivity contribution is 0.00699. The Morgan fingerprint density at radius 3 is 3.11 bits per heavy atom. The average molecular weight is 283 g/mol. The van der Waals surface area contributed by atoms with Crippen molar-refractivity contribution in [3.05, 3.63) is 21.9 Å². The van der Waals surface area contributed by atoms with Crippen molar-refractivity contribution in [3.63, 3.8) is 0 Å². The number of carbonyl (C=O) groups excluding carboxylic acids is 1. The largest absolute Gasteiger partial charge is 0.409 e. The topological polar surface area (TPSA) is 88.2 Å². The highest BCUT2D eigenvalue weighted by molar-refractivity contribution is 7.14. The third-order valence-corrected chi connectivity index (χ3v) is 4.24. The van der Waals surface area contributed by atoms with Crippen LogP contribution in [0.1, 0.15) is 21.5 Å². The Bertz CT molecular complexity index is 486. The third kappa shape index (κ3) is 3.05. The number of aryl methyl sites for hydroxylation is 1. The van der Waals surface area contributed by atoms with E-state index in [1.54, 1.807) is 4.90 Å². The van der Waals surface area contributed by atoms with Crippen LogP contribution in [0, 0.1) is 0 Å². The number of rotatable bonds is 3. The Hall–Kier alpha value is -1.60. The summed E-state index contributed by atoms with van der Waals surface area (Å²) in [4.78, 5) is 15.9. The van der Waals surface area contributed by atoms with E-state index < -0.39 is 6.10 Å². The molecule has 0 aromatic carbocycles. The molecule has 1 amide bonds. The highest BCUT2D eigenvalue weighted by Gasteiger charge is 2.28. The molecule has 2 rings (SSSR count). The number of nitrogens with two attached hydrogens (primary N) is 1. The predicted molar refractivity (Wildman–Crippen MR) is 72.7 cm³/mol. The lowest BCUT2D eigenvalue weighted by atomic mass is 10.2. The van der Waals surface area contributed by atoms with E-state index in [0.29, 0.717) is 19.7 Å². The molecule has 0 spiro atoms. The summed E-state index contributed by atoms with van der Waals surface area (Å²) in [7, 11) is 0. The van der Waals surface area contributed by atoms with Crippen LogP contribution in [0.2, 0.25) is 0 Å². The molecule has 1 saturated heterocycles. The number of hydrogen-bond donors (Lipinski definition) is 2. The monoisotopic (exact) mass is 283 g/mol. The zero-order valence-electron chi connectivity index (χ0n) is 10.7. The van der Waals surface area contributed by atoms with E-state index >= 15 is 0 Å². The Morgan fingerprint density at radius 1 is 1.68 bits per heavy atom. The summed E-state index contributed by atoms with van der Waals surface area (Å²) >= 11 is 1.51. The zero-order valence-corrected chi connectivity index (χ0v) is 11.5. The van der Waals surface area contributed by atoms with E-state index in [1.807, 2.05) is 12.1 Å². The number of oxime groups is 1. The highest BCUT2D eigenvalue weighted by Crippen LogP contribution is 2.20. The Labute approximate surface area is 115 Å². The smallest absolute Gasteiger partial charge is 0.264 e. The van der Waals surface area contributed by atoms with Crippen molar-refractivity contribution < 1.29 is 14.7 Å². The van der Waals surface area contributed by atoms with Crippen molar-refractivity contribution in [2.45, 2.75) is 19.4 Å². The summed E-state index contributed by atoms with van der Waals surface area (Å²) in [5.74, 6) is -0.0262. The van der Waals surface area contributed by atoms with E-state index in [2.05, 4.69) is 12.1 Å². The lowest BCUT2D eigenvalue weighted by Gasteiger charge is -2.31. The van der Waals surface area contributed by atoms with Gasteiger partial charge < -0.3 is 20.6 Å². The van der Waals surface area contributed by atoms with Crippen LogP contribution in [-0.2, 0) is 11.2 Å². The van der Waals surface area contributed by atoms with Crippen molar-refractivity contribution in [3.8, 4) is 0 Å². The van der Waals surface area contributed by atoms with Crippen LogP contribution in [0.5, 0.6) is 0 Å². The third-order valence-electron chi connectivity index (χ3n) is 3.02. The van der Waals surface area contributed by atoms with Gasteiger partial charge >= 0.3 is 0 Å². The van der Waals surface area contributed by atoms with Gasteiger partial charge in [-0.2, -0.15) is 0 Å².